The third kappa shape index (κ3) is 3.39. The van der Waals surface area contributed by atoms with E-state index in [1.165, 1.54) is 6.20 Å². The first-order chi connectivity index (χ1) is 13.6. The van der Waals surface area contributed by atoms with Gasteiger partial charge in [-0.3, -0.25) is 4.79 Å². The average Bonchev–Trinajstić information content (AvgIpc) is 3.09. The summed E-state index contributed by atoms with van der Waals surface area (Å²) in [6.07, 6.45) is 2.30. The van der Waals surface area contributed by atoms with Crippen LogP contribution in [0.5, 0.6) is 0 Å². The van der Waals surface area contributed by atoms with Crippen molar-refractivity contribution in [1.29, 1.82) is 0 Å². The predicted octanol–water partition coefficient (Wildman–Crippen LogP) is 4.14. The molecule has 2 aromatic heterocycles. The zero-order valence-corrected chi connectivity index (χ0v) is 16.3. The monoisotopic (exact) mass is 376 g/mol. The van der Waals surface area contributed by atoms with E-state index < -0.39 is 0 Å². The number of hydrogen-bond donors (Lipinski definition) is 3. The smallest absolute Gasteiger partial charge is 0.266 e. The van der Waals surface area contributed by atoms with Crippen LogP contribution in [0.1, 0.15) is 17.5 Å². The maximum atomic E-state index is 11.7. The van der Waals surface area contributed by atoms with Gasteiger partial charge in [0.05, 0.1) is 17.2 Å². The fraction of sp³-hybridized carbons (Fsp3) is 0.273. The number of aromatic nitrogens is 3. The molecule has 0 saturated heterocycles. The Kier molecular flexibility index (Phi) is 4.88. The highest BCUT2D eigenvalue weighted by Gasteiger charge is 2.14. The van der Waals surface area contributed by atoms with Gasteiger partial charge in [0.15, 0.2) is 0 Å². The first-order valence-electron chi connectivity index (χ1n) is 9.42. The Labute approximate surface area is 163 Å². The molecule has 144 valence electrons. The van der Waals surface area contributed by atoms with E-state index >= 15 is 0 Å². The second-order valence-electron chi connectivity index (χ2n) is 7.10. The van der Waals surface area contributed by atoms with Gasteiger partial charge < -0.3 is 20.0 Å². The van der Waals surface area contributed by atoms with Crippen LogP contribution < -0.4 is 10.9 Å². The molecule has 6 nitrogen and oxygen atoms in total. The summed E-state index contributed by atoms with van der Waals surface area (Å²) in [5, 5.41) is 4.56. The molecule has 0 atom stereocenters. The van der Waals surface area contributed by atoms with Gasteiger partial charge in [-0.1, -0.05) is 0 Å². The molecule has 0 unspecified atom stereocenters. The van der Waals surface area contributed by atoms with Gasteiger partial charge >= 0.3 is 0 Å². The predicted molar refractivity (Wildman–Crippen MR) is 114 cm³/mol. The van der Waals surface area contributed by atoms with Gasteiger partial charge in [-0.15, -0.1) is 0 Å². The summed E-state index contributed by atoms with van der Waals surface area (Å²) in [5.74, 6) is 0. The van der Waals surface area contributed by atoms with E-state index in [1.807, 2.05) is 13.0 Å². The first-order valence-corrected chi connectivity index (χ1v) is 9.42. The lowest BCUT2D eigenvalue weighted by Crippen LogP contribution is -2.06. The van der Waals surface area contributed by atoms with Gasteiger partial charge in [-0.2, -0.15) is 0 Å². The number of fused-ring (bicyclic) bond motifs is 2. The Hall–Kier alpha value is -3.12. The van der Waals surface area contributed by atoms with Crippen molar-refractivity contribution in [2.45, 2.75) is 20.3 Å². The molecule has 0 radical (unpaired) electrons. The molecule has 6 heteroatoms. The van der Waals surface area contributed by atoms with E-state index in [-0.39, 0.29) is 5.56 Å². The number of nitrogens with one attached hydrogen (secondary N) is 3. The fourth-order valence-electron chi connectivity index (χ4n) is 3.58. The molecule has 28 heavy (non-hydrogen) atoms. The van der Waals surface area contributed by atoms with Crippen LogP contribution >= 0.6 is 0 Å². The minimum absolute atomic E-state index is 0.192. The molecule has 2 aromatic carbocycles. The molecular weight excluding hydrogens is 352 g/mol. The Balaban J connectivity index is 1.77. The molecule has 0 aliphatic rings. The van der Waals surface area contributed by atoms with E-state index in [4.69, 9.17) is 4.74 Å². The van der Waals surface area contributed by atoms with Gasteiger partial charge in [-0.25, -0.2) is 4.98 Å². The van der Waals surface area contributed by atoms with Gasteiger partial charge in [-0.05, 0) is 61.7 Å². The lowest BCUT2D eigenvalue weighted by Gasteiger charge is -2.11. The highest BCUT2D eigenvalue weighted by atomic mass is 16.5. The van der Waals surface area contributed by atoms with Crippen molar-refractivity contribution >= 4 is 27.6 Å². The zero-order chi connectivity index (χ0) is 19.7. The van der Waals surface area contributed by atoms with Crippen molar-refractivity contribution in [1.82, 2.24) is 15.0 Å². The molecular formula is C22H24N4O2. The molecule has 0 saturated carbocycles. The highest BCUT2D eigenvalue weighted by Crippen LogP contribution is 2.33. The first kappa shape index (κ1) is 18.3. The van der Waals surface area contributed by atoms with Gasteiger partial charge in [0.2, 0.25) is 0 Å². The SMILES string of the molecule is COCCCNc1ccc2[nH]c(-c3c(C)c(C)cc4[nH]c(=O)cnc34)cc2c1. The Bertz CT molecular complexity index is 1210. The number of rotatable bonds is 6. The van der Waals surface area contributed by atoms with Crippen LogP contribution in [0.4, 0.5) is 5.69 Å². The number of ether oxygens (including phenoxy) is 1. The third-order valence-electron chi connectivity index (χ3n) is 5.13. The van der Waals surface area contributed by atoms with Crippen molar-refractivity contribution in [2.24, 2.45) is 0 Å². The van der Waals surface area contributed by atoms with E-state index in [2.05, 4.69) is 51.5 Å². The largest absolute Gasteiger partial charge is 0.385 e. The van der Waals surface area contributed by atoms with Crippen LogP contribution in [0.15, 0.2) is 41.3 Å². The van der Waals surface area contributed by atoms with Crippen molar-refractivity contribution < 1.29 is 4.74 Å². The summed E-state index contributed by atoms with van der Waals surface area (Å²) < 4.78 is 5.09. The minimum Gasteiger partial charge on any atom is -0.385 e. The number of H-pyrrole nitrogens is 2. The number of methoxy groups -OCH3 is 1. The van der Waals surface area contributed by atoms with E-state index in [0.717, 1.165) is 69.6 Å². The average molecular weight is 376 g/mol. The standard InChI is InChI=1S/C22H24N4O2/c1-13-9-19-22(24-12-20(27)26-19)21(14(13)2)18-11-15-10-16(5-6-17(15)25-18)23-7-4-8-28-3/h5-6,9-12,23,25H,4,7-8H2,1-3H3,(H,26,27). The molecule has 0 spiro atoms. The number of aryl methyl sites for hydroxylation is 1. The summed E-state index contributed by atoms with van der Waals surface area (Å²) in [4.78, 5) is 22.5. The maximum absolute atomic E-state index is 11.7. The minimum atomic E-state index is -0.192. The summed E-state index contributed by atoms with van der Waals surface area (Å²) >= 11 is 0. The molecule has 0 aliphatic heterocycles. The van der Waals surface area contributed by atoms with Crippen LogP contribution in [0.3, 0.4) is 0 Å². The lowest BCUT2D eigenvalue weighted by atomic mass is 9.98. The van der Waals surface area contributed by atoms with E-state index in [1.54, 1.807) is 7.11 Å². The van der Waals surface area contributed by atoms with E-state index in [9.17, 15) is 4.79 Å². The maximum Gasteiger partial charge on any atom is 0.266 e. The van der Waals surface area contributed by atoms with Gasteiger partial charge in [0.1, 0.15) is 0 Å². The van der Waals surface area contributed by atoms with Gasteiger partial charge in [0, 0.05) is 48.1 Å². The quantitative estimate of drug-likeness (QED) is 0.442. The molecule has 0 aliphatic carbocycles. The number of aromatic amines is 2. The van der Waals surface area contributed by atoms with Crippen LogP contribution in [-0.4, -0.2) is 35.2 Å². The zero-order valence-electron chi connectivity index (χ0n) is 16.3. The summed E-state index contributed by atoms with van der Waals surface area (Å²) in [6, 6.07) is 10.4. The molecule has 2 heterocycles. The van der Waals surface area contributed by atoms with Crippen LogP contribution in [0, 0.1) is 13.8 Å². The molecule has 3 N–H and O–H groups in total. The number of nitrogens with zero attached hydrogens (tertiary/aromatic N) is 1. The number of hydrogen-bond acceptors (Lipinski definition) is 4. The van der Waals surface area contributed by atoms with Crippen LogP contribution in [0.2, 0.25) is 0 Å². The third-order valence-corrected chi connectivity index (χ3v) is 5.13. The fourth-order valence-corrected chi connectivity index (χ4v) is 3.58. The summed E-state index contributed by atoms with van der Waals surface area (Å²) in [7, 11) is 1.72. The second-order valence-corrected chi connectivity index (χ2v) is 7.10. The summed E-state index contributed by atoms with van der Waals surface area (Å²) in [5.41, 5.74) is 7.80. The van der Waals surface area contributed by atoms with Crippen molar-refractivity contribution in [3.05, 3.63) is 58.0 Å². The Morgan fingerprint density at radius 1 is 1.11 bits per heavy atom. The number of benzene rings is 2. The Morgan fingerprint density at radius 3 is 2.79 bits per heavy atom. The van der Waals surface area contributed by atoms with Crippen LogP contribution in [-0.2, 0) is 4.74 Å². The van der Waals surface area contributed by atoms with Crippen molar-refractivity contribution in [3.63, 3.8) is 0 Å². The lowest BCUT2D eigenvalue weighted by molar-refractivity contribution is 0.198. The van der Waals surface area contributed by atoms with Crippen LogP contribution in [0.25, 0.3) is 33.2 Å². The van der Waals surface area contributed by atoms with E-state index in [0.29, 0.717) is 0 Å². The summed E-state index contributed by atoms with van der Waals surface area (Å²) in [6.45, 7) is 5.76. The molecule has 0 amide bonds. The molecule has 4 aromatic rings. The highest BCUT2D eigenvalue weighted by molar-refractivity contribution is 5.97. The molecule has 4 rings (SSSR count). The normalized spacial score (nSPS) is 11.4. The molecule has 0 bridgehead atoms. The van der Waals surface area contributed by atoms with Crippen molar-refractivity contribution in [2.75, 3.05) is 25.6 Å². The Morgan fingerprint density at radius 2 is 1.96 bits per heavy atom. The number of anilines is 1. The van der Waals surface area contributed by atoms with Crippen molar-refractivity contribution in [3.8, 4) is 11.3 Å². The topological polar surface area (TPSA) is 82.8 Å². The molecule has 0 fully saturated rings. The van der Waals surface area contributed by atoms with Gasteiger partial charge in [0.25, 0.3) is 5.56 Å². The second kappa shape index (κ2) is 7.48.